The Morgan fingerprint density at radius 3 is 2.00 bits per heavy atom. The molecule has 0 aromatic rings. The molecule has 1 saturated carbocycles. The molecule has 2 nitrogen and oxygen atoms in total. The first-order valence-electron chi connectivity index (χ1n) is 5.33. The van der Waals surface area contributed by atoms with Gasteiger partial charge in [0.2, 0.25) is 0 Å². The Labute approximate surface area is 82.9 Å². The van der Waals surface area contributed by atoms with Crippen molar-refractivity contribution in [1.29, 1.82) is 0 Å². The summed E-state index contributed by atoms with van der Waals surface area (Å²) in [5, 5.41) is 0. The number of likely N-dealkylation sites (N-methyl/N-ethyl adjacent to an activating group) is 2. The predicted molar refractivity (Wildman–Crippen MR) is 58.0 cm³/mol. The lowest BCUT2D eigenvalue weighted by molar-refractivity contribution is 0.152. The maximum atomic E-state index is 2.49. The van der Waals surface area contributed by atoms with Crippen molar-refractivity contribution in [2.75, 3.05) is 27.2 Å². The van der Waals surface area contributed by atoms with Gasteiger partial charge in [-0.15, -0.1) is 0 Å². The van der Waals surface area contributed by atoms with Gasteiger partial charge >= 0.3 is 0 Å². The fraction of sp³-hybridized carbons (Fsp3) is 1.00. The van der Waals surface area contributed by atoms with E-state index in [2.05, 4.69) is 44.7 Å². The normalized spacial score (nSPS) is 18.7. The van der Waals surface area contributed by atoms with Crippen LogP contribution in [0.5, 0.6) is 0 Å². The summed E-state index contributed by atoms with van der Waals surface area (Å²) in [6.07, 6.45) is 2.82. The molecule has 0 spiro atoms. The van der Waals surface area contributed by atoms with Crippen molar-refractivity contribution in [1.82, 2.24) is 9.80 Å². The van der Waals surface area contributed by atoms with Crippen molar-refractivity contribution in [3.05, 3.63) is 0 Å². The summed E-state index contributed by atoms with van der Waals surface area (Å²) in [5.41, 5.74) is 0.310. The van der Waals surface area contributed by atoms with E-state index in [1.54, 1.807) is 0 Å². The molecular formula is C11H24N2. The third-order valence-electron chi connectivity index (χ3n) is 3.10. The maximum absolute atomic E-state index is 2.49. The highest BCUT2D eigenvalue weighted by Crippen LogP contribution is 2.25. The van der Waals surface area contributed by atoms with Gasteiger partial charge in [0.1, 0.15) is 0 Å². The lowest BCUT2D eigenvalue weighted by atomic mass is 10.1. The Kier molecular flexibility index (Phi) is 3.36. The van der Waals surface area contributed by atoms with E-state index in [4.69, 9.17) is 0 Å². The molecule has 78 valence electrons. The molecule has 0 radical (unpaired) electrons. The molecule has 1 rings (SSSR count). The maximum Gasteiger partial charge on any atom is 0.0122 e. The Bertz CT molecular complexity index is 156. The van der Waals surface area contributed by atoms with Gasteiger partial charge in [0.15, 0.2) is 0 Å². The molecule has 1 aliphatic rings. The van der Waals surface area contributed by atoms with E-state index >= 15 is 0 Å². The molecule has 0 aromatic heterocycles. The Morgan fingerprint density at radius 1 is 1.08 bits per heavy atom. The fourth-order valence-corrected chi connectivity index (χ4v) is 1.34. The van der Waals surface area contributed by atoms with Crippen LogP contribution in [0.4, 0.5) is 0 Å². The average molecular weight is 184 g/mol. The fourth-order valence-electron chi connectivity index (χ4n) is 1.34. The molecule has 0 amide bonds. The largest absolute Gasteiger partial charge is 0.302 e. The van der Waals surface area contributed by atoms with Gasteiger partial charge in [-0.1, -0.05) is 0 Å². The van der Waals surface area contributed by atoms with E-state index in [1.807, 2.05) is 0 Å². The van der Waals surface area contributed by atoms with E-state index in [1.165, 1.54) is 25.9 Å². The van der Waals surface area contributed by atoms with E-state index in [0.29, 0.717) is 5.54 Å². The van der Waals surface area contributed by atoms with Gasteiger partial charge < -0.3 is 9.80 Å². The third-order valence-corrected chi connectivity index (χ3v) is 3.10. The van der Waals surface area contributed by atoms with Gasteiger partial charge in [0.25, 0.3) is 0 Å². The summed E-state index contributed by atoms with van der Waals surface area (Å²) in [7, 11) is 4.45. The zero-order chi connectivity index (χ0) is 10.1. The lowest BCUT2D eigenvalue weighted by Crippen LogP contribution is -2.42. The molecule has 0 unspecified atom stereocenters. The summed E-state index contributed by atoms with van der Waals surface area (Å²) in [6.45, 7) is 9.19. The van der Waals surface area contributed by atoms with Crippen LogP contribution in [0.15, 0.2) is 0 Å². The summed E-state index contributed by atoms with van der Waals surface area (Å²) >= 11 is 0. The SMILES string of the molecule is CN(CCN(C)C(C)(C)C)C1CC1. The van der Waals surface area contributed by atoms with Crippen LogP contribution in [0.2, 0.25) is 0 Å². The molecule has 0 N–H and O–H groups in total. The van der Waals surface area contributed by atoms with E-state index in [-0.39, 0.29) is 0 Å². The van der Waals surface area contributed by atoms with Crippen LogP contribution in [-0.2, 0) is 0 Å². The summed E-state index contributed by atoms with van der Waals surface area (Å²) in [5.74, 6) is 0. The van der Waals surface area contributed by atoms with Crippen molar-refractivity contribution < 1.29 is 0 Å². The van der Waals surface area contributed by atoms with Crippen LogP contribution in [0.3, 0.4) is 0 Å². The van der Waals surface area contributed by atoms with Crippen molar-refractivity contribution in [2.45, 2.75) is 45.2 Å². The quantitative estimate of drug-likeness (QED) is 0.657. The molecule has 0 atom stereocenters. The molecular weight excluding hydrogens is 160 g/mol. The highest BCUT2D eigenvalue weighted by Gasteiger charge is 2.26. The zero-order valence-electron chi connectivity index (χ0n) is 9.80. The van der Waals surface area contributed by atoms with Gasteiger partial charge in [-0.3, -0.25) is 0 Å². The van der Waals surface area contributed by atoms with Crippen molar-refractivity contribution in [3.63, 3.8) is 0 Å². The van der Waals surface area contributed by atoms with Crippen LogP contribution in [-0.4, -0.2) is 48.6 Å². The molecule has 0 aromatic carbocycles. The van der Waals surface area contributed by atoms with E-state index < -0.39 is 0 Å². The summed E-state index contributed by atoms with van der Waals surface area (Å²) < 4.78 is 0. The second-order valence-corrected chi connectivity index (χ2v) is 5.30. The second-order valence-electron chi connectivity index (χ2n) is 5.30. The minimum atomic E-state index is 0.310. The van der Waals surface area contributed by atoms with Crippen LogP contribution < -0.4 is 0 Å². The zero-order valence-corrected chi connectivity index (χ0v) is 9.80. The molecule has 1 aliphatic carbocycles. The molecule has 13 heavy (non-hydrogen) atoms. The van der Waals surface area contributed by atoms with Crippen molar-refractivity contribution in [3.8, 4) is 0 Å². The van der Waals surface area contributed by atoms with Crippen molar-refractivity contribution >= 4 is 0 Å². The molecule has 0 aliphatic heterocycles. The average Bonchev–Trinajstić information content (AvgIpc) is 2.79. The third kappa shape index (κ3) is 3.65. The molecule has 0 bridgehead atoms. The number of hydrogen-bond donors (Lipinski definition) is 0. The van der Waals surface area contributed by atoms with Gasteiger partial charge in [-0.2, -0.15) is 0 Å². The molecule has 0 saturated heterocycles. The van der Waals surface area contributed by atoms with Crippen molar-refractivity contribution in [2.24, 2.45) is 0 Å². The topological polar surface area (TPSA) is 6.48 Å². The highest BCUT2D eigenvalue weighted by atomic mass is 15.2. The first-order chi connectivity index (χ1) is 5.91. The number of nitrogens with zero attached hydrogens (tertiary/aromatic N) is 2. The highest BCUT2D eigenvalue weighted by molar-refractivity contribution is 4.83. The van der Waals surface area contributed by atoms with Gasteiger partial charge in [-0.25, -0.2) is 0 Å². The first kappa shape index (κ1) is 11.0. The Balaban J connectivity index is 2.17. The van der Waals surface area contributed by atoms with Gasteiger partial charge in [0, 0.05) is 24.7 Å². The lowest BCUT2D eigenvalue weighted by Gasteiger charge is -2.33. The smallest absolute Gasteiger partial charge is 0.0122 e. The molecule has 0 heterocycles. The number of rotatable bonds is 4. The molecule has 1 fully saturated rings. The standard InChI is InChI=1S/C11H24N2/c1-11(2,3)13(5)9-8-12(4)10-6-7-10/h10H,6-9H2,1-5H3. The predicted octanol–water partition coefficient (Wildman–Crippen LogP) is 1.81. The van der Waals surface area contributed by atoms with E-state index in [9.17, 15) is 0 Å². The van der Waals surface area contributed by atoms with Crippen LogP contribution in [0, 0.1) is 0 Å². The Morgan fingerprint density at radius 2 is 1.62 bits per heavy atom. The van der Waals surface area contributed by atoms with Gasteiger partial charge in [-0.05, 0) is 47.7 Å². The second kappa shape index (κ2) is 3.97. The van der Waals surface area contributed by atoms with Gasteiger partial charge in [0.05, 0.1) is 0 Å². The van der Waals surface area contributed by atoms with E-state index in [0.717, 1.165) is 6.04 Å². The molecule has 2 heteroatoms. The summed E-state index contributed by atoms with van der Waals surface area (Å²) in [6, 6.07) is 0.897. The number of hydrogen-bond acceptors (Lipinski definition) is 2. The van der Waals surface area contributed by atoms with Crippen LogP contribution in [0.25, 0.3) is 0 Å². The Hall–Kier alpha value is -0.0800. The minimum Gasteiger partial charge on any atom is -0.302 e. The van der Waals surface area contributed by atoms with Crippen LogP contribution in [0.1, 0.15) is 33.6 Å². The first-order valence-corrected chi connectivity index (χ1v) is 5.33. The summed E-state index contributed by atoms with van der Waals surface area (Å²) in [4.78, 5) is 4.91. The monoisotopic (exact) mass is 184 g/mol. The minimum absolute atomic E-state index is 0.310. The van der Waals surface area contributed by atoms with Crippen LogP contribution >= 0.6 is 0 Å².